The quantitative estimate of drug-likeness (QED) is 0.157. The molecule has 1 saturated heterocycles. The number of nitrogens with one attached hydrogen (secondary N) is 1. The Morgan fingerprint density at radius 1 is 1.32 bits per heavy atom. The number of carbonyl (C=O) groups is 2. The molecule has 0 spiro atoms. The Labute approximate surface area is 241 Å². The van der Waals surface area contributed by atoms with Crippen LogP contribution < -0.4 is 15.6 Å². The van der Waals surface area contributed by atoms with E-state index in [9.17, 15) is 24.4 Å². The Hall–Kier alpha value is -2.53. The summed E-state index contributed by atoms with van der Waals surface area (Å²) in [7, 11) is -2.73. The second-order valence-electron chi connectivity index (χ2n) is 9.26. The Balaban J connectivity index is 1.85. The van der Waals surface area contributed by atoms with Crippen molar-refractivity contribution in [3.63, 3.8) is 0 Å². The van der Waals surface area contributed by atoms with Gasteiger partial charge in [-0.3, -0.25) is 18.7 Å². The molecule has 6 atom stereocenters. The molecule has 3 rings (SSSR count). The third kappa shape index (κ3) is 7.66. The highest BCUT2D eigenvalue weighted by atomic mass is 32.2. The number of anilines is 1. The topological polar surface area (TPSA) is 219 Å². The van der Waals surface area contributed by atoms with Gasteiger partial charge in [0.05, 0.1) is 33.3 Å². The number of nitrogens with zero attached hydrogens (tertiary/aromatic N) is 4. The molecule has 0 saturated carbocycles. The molecule has 3 heterocycles. The predicted molar refractivity (Wildman–Crippen MR) is 148 cm³/mol. The lowest BCUT2D eigenvalue weighted by atomic mass is 9.96. The maximum Gasteiger partial charge on any atom is 0.323 e. The van der Waals surface area contributed by atoms with Gasteiger partial charge in [0.25, 0.3) is 7.52 Å². The van der Waals surface area contributed by atoms with Gasteiger partial charge in [0.2, 0.25) is 11.8 Å². The van der Waals surface area contributed by atoms with Gasteiger partial charge in [-0.05, 0) is 39.2 Å². The number of nitrogen functional groups attached to an aromatic ring is 1. The molecule has 41 heavy (non-hydrogen) atoms. The molecular weight excluding hydrogens is 583 g/mol. The Kier molecular flexibility index (Phi) is 11.3. The maximum atomic E-state index is 13.9. The number of thioether (sulfide) groups is 1. The fourth-order valence-corrected chi connectivity index (χ4v) is 6.51. The van der Waals surface area contributed by atoms with Crippen LogP contribution in [0.1, 0.15) is 33.4 Å². The van der Waals surface area contributed by atoms with Gasteiger partial charge in [-0.2, -0.15) is 21.7 Å². The van der Waals surface area contributed by atoms with Crippen LogP contribution in [0.3, 0.4) is 0 Å². The van der Waals surface area contributed by atoms with Crippen LogP contribution in [-0.2, 0) is 32.9 Å². The van der Waals surface area contributed by atoms with Crippen LogP contribution in [0.5, 0.6) is 5.88 Å². The van der Waals surface area contributed by atoms with Gasteiger partial charge in [-0.1, -0.05) is 0 Å². The summed E-state index contributed by atoms with van der Waals surface area (Å²) >= 11 is 1.47. The van der Waals surface area contributed by atoms with E-state index in [0.29, 0.717) is 5.75 Å². The van der Waals surface area contributed by atoms with Crippen LogP contribution in [0, 0.1) is 0 Å². The molecule has 0 aliphatic carbocycles. The number of aliphatic hydroxyl groups is 2. The van der Waals surface area contributed by atoms with Crippen molar-refractivity contribution >= 4 is 48.3 Å². The Morgan fingerprint density at radius 2 is 2.02 bits per heavy atom. The first-order valence-corrected chi connectivity index (χ1v) is 16.0. The number of ether oxygens (including phenoxy) is 4. The highest BCUT2D eigenvalue weighted by molar-refractivity contribution is 7.98. The molecular formula is C23H37N6O10PS. The first-order valence-electron chi connectivity index (χ1n) is 12.8. The van der Waals surface area contributed by atoms with E-state index in [1.54, 1.807) is 13.8 Å². The average molecular weight is 621 g/mol. The molecule has 1 aliphatic heterocycles. The molecule has 2 aromatic heterocycles. The van der Waals surface area contributed by atoms with E-state index in [1.165, 1.54) is 36.7 Å². The molecule has 16 nitrogen and oxygen atoms in total. The maximum absolute atomic E-state index is 13.9. The van der Waals surface area contributed by atoms with E-state index in [1.807, 2.05) is 6.26 Å². The molecule has 0 aromatic carbocycles. The molecule has 1 aliphatic rings. The molecule has 2 aromatic rings. The average Bonchev–Trinajstić information content (AvgIpc) is 3.42. The largest absolute Gasteiger partial charge is 0.479 e. The fourth-order valence-electron chi connectivity index (χ4n) is 4.25. The van der Waals surface area contributed by atoms with Crippen molar-refractivity contribution in [2.75, 3.05) is 50.8 Å². The fraction of sp³-hybridized carbons (Fsp3) is 0.696. The number of aromatic nitrogens is 4. The van der Waals surface area contributed by atoms with Crippen molar-refractivity contribution in [1.82, 2.24) is 24.6 Å². The van der Waals surface area contributed by atoms with Gasteiger partial charge in [0.1, 0.15) is 30.0 Å². The highest BCUT2D eigenvalue weighted by Crippen LogP contribution is 2.46. The molecule has 5 N–H and O–H groups in total. The lowest BCUT2D eigenvalue weighted by molar-refractivity contribution is -0.145. The first-order chi connectivity index (χ1) is 19.4. The van der Waals surface area contributed by atoms with Gasteiger partial charge >= 0.3 is 11.9 Å². The number of nitrogens with two attached hydrogens (primary N) is 1. The number of aliphatic hydroxyl groups excluding tert-OH is 1. The summed E-state index contributed by atoms with van der Waals surface area (Å²) in [6.07, 6.45) is -1.28. The van der Waals surface area contributed by atoms with E-state index in [4.69, 9.17) is 29.2 Å². The predicted octanol–water partition coefficient (Wildman–Crippen LogP) is 0.474. The summed E-state index contributed by atoms with van der Waals surface area (Å²) in [6.45, 7) is 4.19. The first kappa shape index (κ1) is 33.0. The van der Waals surface area contributed by atoms with Gasteiger partial charge in [-0.15, -0.1) is 0 Å². The number of fused-ring (bicyclic) bond motifs is 1. The number of rotatable bonds is 15. The number of esters is 2. The van der Waals surface area contributed by atoms with Crippen molar-refractivity contribution in [1.29, 1.82) is 0 Å². The normalized spacial score (nSPS) is 24.6. The Bertz CT molecular complexity index is 1260. The third-order valence-corrected chi connectivity index (χ3v) is 8.82. The second kappa shape index (κ2) is 14.1. The van der Waals surface area contributed by atoms with Crippen LogP contribution in [0.15, 0.2) is 6.33 Å². The number of methoxy groups -OCH3 is 1. The zero-order valence-electron chi connectivity index (χ0n) is 23.5. The van der Waals surface area contributed by atoms with Crippen LogP contribution in [0.25, 0.3) is 11.2 Å². The molecule has 230 valence electrons. The van der Waals surface area contributed by atoms with Crippen LogP contribution in [0.2, 0.25) is 0 Å². The third-order valence-electron chi connectivity index (χ3n) is 6.23. The van der Waals surface area contributed by atoms with Gasteiger partial charge < -0.3 is 39.4 Å². The minimum Gasteiger partial charge on any atom is -0.479 e. The van der Waals surface area contributed by atoms with E-state index in [-0.39, 0.29) is 42.6 Å². The zero-order valence-corrected chi connectivity index (χ0v) is 25.2. The van der Waals surface area contributed by atoms with Crippen molar-refractivity contribution < 1.29 is 47.8 Å². The molecule has 0 bridgehead atoms. The standard InChI is InChI=1S/C23H37N6O10PS/c1-6-36-15(30)11-40(34,28-13(8-9-41-5)20(32)37-7-2)38-10-14-17(31)23(3,33)21(39-14)29-12-25-16-18(29)26-22(24)27-19(16)35-4/h12-14,17,21,31,33H,6-11H2,1-5H3,(H,28,34)(H2,24,26,27)/t13-,14+,17?,21+,23?,40?/m0/s1. The van der Waals surface area contributed by atoms with E-state index >= 15 is 0 Å². The summed E-state index contributed by atoms with van der Waals surface area (Å²) in [4.78, 5) is 37.2. The second-order valence-corrected chi connectivity index (χ2v) is 12.4. The van der Waals surface area contributed by atoms with E-state index in [0.717, 1.165) is 0 Å². The van der Waals surface area contributed by atoms with Crippen molar-refractivity contribution in [3.05, 3.63) is 6.33 Å². The summed E-state index contributed by atoms with van der Waals surface area (Å²) in [5, 5.41) is 24.9. The number of hydrogen-bond donors (Lipinski definition) is 4. The van der Waals surface area contributed by atoms with Crippen molar-refractivity contribution in [2.24, 2.45) is 0 Å². The monoisotopic (exact) mass is 620 g/mol. The number of hydrogen-bond acceptors (Lipinski definition) is 15. The number of imidazole rings is 1. The van der Waals surface area contributed by atoms with E-state index in [2.05, 4.69) is 20.0 Å². The molecule has 18 heteroatoms. The summed E-state index contributed by atoms with van der Waals surface area (Å²) in [6, 6.07) is -1.04. The SMILES string of the molecule is CCOC(=O)CP(=O)(N[C@@H](CCSC)C(=O)OCC)OC[C@H]1O[C@@H](n2cnc3c(OC)nc(N)nc32)C(C)(O)C1O. The Morgan fingerprint density at radius 3 is 2.66 bits per heavy atom. The van der Waals surface area contributed by atoms with Crippen LogP contribution >= 0.6 is 19.3 Å². The van der Waals surface area contributed by atoms with Gasteiger partial charge in [0.15, 0.2) is 17.4 Å². The zero-order chi connectivity index (χ0) is 30.4. The molecule has 1 fully saturated rings. The van der Waals surface area contributed by atoms with Crippen molar-refractivity contribution in [2.45, 2.75) is 57.3 Å². The smallest absolute Gasteiger partial charge is 0.323 e. The lowest BCUT2D eigenvalue weighted by Gasteiger charge is -2.27. The molecule has 0 radical (unpaired) electrons. The molecule has 0 amide bonds. The summed E-state index contributed by atoms with van der Waals surface area (Å²) in [5.74, 6) is -0.948. The minimum atomic E-state index is -4.12. The highest BCUT2D eigenvalue weighted by Gasteiger charge is 2.54. The minimum absolute atomic E-state index is 0.0410. The number of carbonyl (C=O) groups excluding carboxylic acids is 2. The van der Waals surface area contributed by atoms with Crippen LogP contribution in [-0.4, -0.2) is 111 Å². The van der Waals surface area contributed by atoms with Crippen molar-refractivity contribution in [3.8, 4) is 5.88 Å². The summed E-state index contributed by atoms with van der Waals surface area (Å²) < 4.78 is 42.1. The lowest BCUT2D eigenvalue weighted by Crippen LogP contribution is -2.44. The van der Waals surface area contributed by atoms with Crippen LogP contribution in [0.4, 0.5) is 5.95 Å². The summed E-state index contributed by atoms with van der Waals surface area (Å²) in [5.41, 5.74) is 4.31. The van der Waals surface area contributed by atoms with Gasteiger partial charge in [0, 0.05) is 0 Å². The van der Waals surface area contributed by atoms with E-state index < -0.39 is 62.3 Å². The van der Waals surface area contributed by atoms with Gasteiger partial charge in [-0.25, -0.2) is 10.1 Å². The molecule has 3 unspecified atom stereocenters.